The number of hydrogen-bond donors (Lipinski definition) is 1. The van der Waals surface area contributed by atoms with E-state index in [1.165, 1.54) is 0 Å². The molecule has 3 rings (SSSR count). The fraction of sp³-hybridized carbons (Fsp3) is 0.727. The molecule has 0 radical (unpaired) electrons. The van der Waals surface area contributed by atoms with Crippen LogP contribution in [0.2, 0.25) is 0 Å². The number of rotatable bonds is 0. The van der Waals surface area contributed by atoms with E-state index in [9.17, 15) is 4.79 Å². The lowest BCUT2D eigenvalue weighted by molar-refractivity contribution is -0.151. The van der Waals surface area contributed by atoms with Crippen LogP contribution >= 0.6 is 12.6 Å². The molecule has 3 aliphatic rings. The van der Waals surface area contributed by atoms with E-state index in [2.05, 4.69) is 17.5 Å². The van der Waals surface area contributed by atoms with Gasteiger partial charge in [-0.3, -0.25) is 4.79 Å². The minimum atomic E-state index is -0.553. The van der Waals surface area contributed by atoms with Crippen molar-refractivity contribution in [2.45, 2.75) is 38.3 Å². The first-order valence-corrected chi connectivity index (χ1v) is 5.99. The summed E-state index contributed by atoms with van der Waals surface area (Å²) in [4.78, 5) is 14.3. The lowest BCUT2D eigenvalue weighted by Crippen LogP contribution is -2.34. The summed E-state index contributed by atoms with van der Waals surface area (Å²) in [6.45, 7) is 5.37. The first-order valence-electron chi connectivity index (χ1n) is 5.55. The summed E-state index contributed by atoms with van der Waals surface area (Å²) in [5.74, 6) is -0.438. The van der Waals surface area contributed by atoms with Crippen LogP contribution < -0.4 is 0 Å². The zero-order valence-corrected chi connectivity index (χ0v) is 10.3. The van der Waals surface area contributed by atoms with E-state index in [0.717, 1.165) is 18.8 Å². The zero-order valence-electron chi connectivity index (χ0n) is 9.40. The number of hydrogen-bond acceptors (Lipinski definition) is 5. The Kier molecular flexibility index (Phi) is 2.15. The molecule has 0 spiro atoms. The van der Waals surface area contributed by atoms with Gasteiger partial charge < -0.3 is 14.4 Å². The molecule has 2 atom stereocenters. The van der Waals surface area contributed by atoms with Crippen LogP contribution in [0.25, 0.3) is 0 Å². The molecule has 0 bridgehead atoms. The van der Waals surface area contributed by atoms with Crippen molar-refractivity contribution in [1.82, 2.24) is 4.90 Å². The van der Waals surface area contributed by atoms with Crippen LogP contribution in [0.4, 0.5) is 0 Å². The topological polar surface area (TPSA) is 38.8 Å². The van der Waals surface area contributed by atoms with Crippen LogP contribution in [-0.4, -0.2) is 41.8 Å². The third-order valence-corrected chi connectivity index (χ3v) is 3.79. The highest BCUT2D eigenvalue weighted by atomic mass is 32.1. The second kappa shape index (κ2) is 3.24. The summed E-state index contributed by atoms with van der Waals surface area (Å²) in [6.07, 6.45) is 0.468. The van der Waals surface area contributed by atoms with Crippen LogP contribution in [0.1, 0.15) is 20.3 Å². The third kappa shape index (κ3) is 1.42. The molecular weight excluding hydrogens is 226 g/mol. The highest BCUT2D eigenvalue weighted by Crippen LogP contribution is 2.42. The highest BCUT2D eigenvalue weighted by Gasteiger charge is 2.51. The highest BCUT2D eigenvalue weighted by molar-refractivity contribution is 7.85. The second-order valence-electron chi connectivity index (χ2n) is 4.95. The molecule has 2 saturated heterocycles. The van der Waals surface area contributed by atoms with Crippen molar-refractivity contribution >= 4 is 18.4 Å². The van der Waals surface area contributed by atoms with Crippen LogP contribution in [0.15, 0.2) is 10.6 Å². The van der Waals surface area contributed by atoms with E-state index in [1.807, 2.05) is 13.8 Å². The van der Waals surface area contributed by atoms with Gasteiger partial charge in [0.2, 0.25) is 0 Å². The van der Waals surface area contributed by atoms with Gasteiger partial charge in [0.1, 0.15) is 12.2 Å². The Morgan fingerprint density at radius 3 is 2.94 bits per heavy atom. The van der Waals surface area contributed by atoms with Crippen molar-refractivity contribution in [3.63, 3.8) is 0 Å². The molecule has 0 saturated carbocycles. The smallest absolute Gasteiger partial charge is 0.172 e. The van der Waals surface area contributed by atoms with Crippen molar-refractivity contribution in [3.8, 4) is 0 Å². The number of Topliss-reactive ketones (excluding diaryl/α,β-unsaturated/α-hetero) is 1. The van der Waals surface area contributed by atoms with Gasteiger partial charge in [0, 0.05) is 19.5 Å². The predicted molar refractivity (Wildman–Crippen MR) is 61.0 cm³/mol. The number of nitrogens with zero attached hydrogens (tertiary/aromatic N) is 1. The van der Waals surface area contributed by atoms with Crippen molar-refractivity contribution < 1.29 is 14.3 Å². The maximum atomic E-state index is 11.6. The fourth-order valence-electron chi connectivity index (χ4n) is 2.69. The number of ether oxygens (including phenoxy) is 2. The largest absolute Gasteiger partial charge is 0.368 e. The monoisotopic (exact) mass is 241 g/mol. The molecule has 0 aromatic carbocycles. The van der Waals surface area contributed by atoms with Gasteiger partial charge in [0.15, 0.2) is 11.6 Å². The maximum absolute atomic E-state index is 11.6. The molecular formula is C11H15NO3S. The van der Waals surface area contributed by atoms with Gasteiger partial charge in [0.25, 0.3) is 0 Å². The Morgan fingerprint density at radius 2 is 2.19 bits per heavy atom. The van der Waals surface area contributed by atoms with Gasteiger partial charge in [-0.2, -0.15) is 0 Å². The summed E-state index contributed by atoms with van der Waals surface area (Å²) in [5, 5.41) is 0. The quantitative estimate of drug-likeness (QED) is 0.641. The van der Waals surface area contributed by atoms with Crippen LogP contribution in [0.5, 0.6) is 0 Å². The van der Waals surface area contributed by atoms with Gasteiger partial charge in [-0.05, 0) is 13.8 Å². The standard InChI is InChI=1S/C11H15NO3S/c1-11(2)14-7-5-12-4-3-6(13)10(16)8(12)9(7)15-11/h7,9,16H,3-5H2,1-2H3/t7-,9-/m1/s1. The molecule has 0 N–H and O–H groups in total. The molecule has 88 valence electrons. The van der Waals surface area contributed by atoms with E-state index in [0.29, 0.717) is 11.3 Å². The minimum absolute atomic E-state index is 0.0399. The predicted octanol–water partition coefficient (Wildman–Crippen LogP) is 0.936. The average Bonchev–Trinajstić information content (AvgIpc) is 2.63. The summed E-state index contributed by atoms with van der Waals surface area (Å²) in [6, 6.07) is 0. The lowest BCUT2D eigenvalue weighted by Gasteiger charge is -2.29. The number of carbonyl (C=O) groups is 1. The summed E-state index contributed by atoms with van der Waals surface area (Å²) >= 11 is 4.32. The van der Waals surface area contributed by atoms with Gasteiger partial charge >= 0.3 is 0 Å². The van der Waals surface area contributed by atoms with E-state index in [1.54, 1.807) is 0 Å². The molecule has 0 aromatic rings. The van der Waals surface area contributed by atoms with E-state index < -0.39 is 5.79 Å². The first kappa shape index (κ1) is 10.6. The molecule has 0 aliphatic carbocycles. The lowest BCUT2D eigenvalue weighted by atomic mass is 10.1. The van der Waals surface area contributed by atoms with Crippen molar-refractivity contribution in [3.05, 3.63) is 10.6 Å². The molecule has 3 aliphatic heterocycles. The summed E-state index contributed by atoms with van der Waals surface area (Å²) < 4.78 is 11.6. The number of ketones is 1. The number of allylic oxidation sites excluding steroid dienone is 1. The van der Waals surface area contributed by atoms with Gasteiger partial charge in [-0.1, -0.05) is 0 Å². The Labute approximate surface area is 100.0 Å². The number of fused-ring (bicyclic) bond motifs is 3. The maximum Gasteiger partial charge on any atom is 0.172 e. The number of carbonyl (C=O) groups excluding carboxylic acids is 1. The van der Waals surface area contributed by atoms with Crippen molar-refractivity contribution in [1.29, 1.82) is 0 Å². The van der Waals surface area contributed by atoms with Gasteiger partial charge in [-0.15, -0.1) is 12.6 Å². The zero-order chi connectivity index (χ0) is 11.5. The normalized spacial score (nSPS) is 36.7. The van der Waals surface area contributed by atoms with Gasteiger partial charge in [0.05, 0.1) is 10.6 Å². The molecule has 0 unspecified atom stereocenters. The van der Waals surface area contributed by atoms with Gasteiger partial charge in [-0.25, -0.2) is 0 Å². The third-order valence-electron chi connectivity index (χ3n) is 3.31. The molecule has 0 amide bonds. The molecule has 16 heavy (non-hydrogen) atoms. The van der Waals surface area contributed by atoms with Crippen molar-refractivity contribution in [2.24, 2.45) is 0 Å². The van der Waals surface area contributed by atoms with Crippen LogP contribution in [0.3, 0.4) is 0 Å². The molecule has 3 heterocycles. The Hall–Kier alpha value is -0.520. The SMILES string of the molecule is CC1(C)O[C@@H]2CN3CCC(=O)C(S)=C3[C@@H]2O1. The van der Waals surface area contributed by atoms with Crippen molar-refractivity contribution in [2.75, 3.05) is 13.1 Å². The van der Waals surface area contributed by atoms with Crippen LogP contribution in [-0.2, 0) is 14.3 Å². The average molecular weight is 241 g/mol. The van der Waals surface area contributed by atoms with E-state index >= 15 is 0 Å². The molecule has 2 fully saturated rings. The first-order chi connectivity index (χ1) is 7.48. The summed E-state index contributed by atoms with van der Waals surface area (Å²) in [5.41, 5.74) is 0.926. The summed E-state index contributed by atoms with van der Waals surface area (Å²) in [7, 11) is 0. The molecule has 4 nitrogen and oxygen atoms in total. The van der Waals surface area contributed by atoms with E-state index in [-0.39, 0.29) is 18.0 Å². The Balaban J connectivity index is 1.98. The minimum Gasteiger partial charge on any atom is -0.368 e. The number of thiol groups is 1. The molecule has 5 heteroatoms. The van der Waals surface area contributed by atoms with Crippen LogP contribution in [0, 0.1) is 0 Å². The fourth-order valence-corrected chi connectivity index (χ4v) is 3.07. The second-order valence-corrected chi connectivity index (χ2v) is 5.39. The van der Waals surface area contributed by atoms with E-state index in [4.69, 9.17) is 9.47 Å². The Morgan fingerprint density at radius 1 is 1.44 bits per heavy atom. The Bertz CT molecular complexity index is 391. The molecule has 0 aromatic heterocycles.